The number of allylic oxidation sites excluding steroid dienone is 14. The second-order valence-electron chi connectivity index (χ2n) is 23.1. The van der Waals surface area contributed by atoms with E-state index in [0.717, 1.165) is 96.3 Å². The van der Waals surface area contributed by atoms with Gasteiger partial charge >= 0.3 is 11.9 Å². The summed E-state index contributed by atoms with van der Waals surface area (Å²) < 4.78 is 34.2. The van der Waals surface area contributed by atoms with Gasteiger partial charge in [0, 0.05) is 12.8 Å². The van der Waals surface area contributed by atoms with Gasteiger partial charge in [0.05, 0.1) is 27.7 Å². The molecule has 79 heavy (non-hydrogen) atoms. The fourth-order valence-corrected chi connectivity index (χ4v) is 9.86. The van der Waals surface area contributed by atoms with Gasteiger partial charge in [-0.05, 0) is 89.9 Å². The zero-order valence-electron chi connectivity index (χ0n) is 52.1. The number of likely N-dealkylation sites (N-methyl/N-ethyl adjacent to an activating group) is 1. The fraction of sp³-hybridized carbons (Fsp3) is 0.768. The Kier molecular flexibility index (Phi) is 57.7. The molecular weight excluding hydrogens is 1000 g/mol. The van der Waals surface area contributed by atoms with Crippen molar-refractivity contribution in [3.05, 3.63) is 85.1 Å². The number of ether oxygens (including phenoxy) is 2. The molecule has 0 fully saturated rings. The van der Waals surface area contributed by atoms with Crippen LogP contribution < -0.4 is 4.89 Å². The Morgan fingerprint density at radius 1 is 0.405 bits per heavy atom. The average Bonchev–Trinajstić information content (AvgIpc) is 3.41. The minimum absolute atomic E-state index is 0.0321. The molecule has 0 aliphatic rings. The highest BCUT2D eigenvalue weighted by Crippen LogP contribution is 2.38. The van der Waals surface area contributed by atoms with Crippen LogP contribution in [0.1, 0.15) is 290 Å². The number of phosphoric acid groups is 1. The lowest BCUT2D eigenvalue weighted by Crippen LogP contribution is -2.37. The molecule has 2 unspecified atom stereocenters. The predicted octanol–water partition coefficient (Wildman–Crippen LogP) is 20.4. The van der Waals surface area contributed by atoms with Crippen molar-refractivity contribution in [2.75, 3.05) is 47.5 Å². The van der Waals surface area contributed by atoms with Gasteiger partial charge in [0.2, 0.25) is 0 Å². The van der Waals surface area contributed by atoms with Crippen molar-refractivity contribution in [3.63, 3.8) is 0 Å². The third-order valence-corrected chi connectivity index (χ3v) is 15.1. The molecule has 0 radical (unpaired) electrons. The van der Waals surface area contributed by atoms with E-state index in [9.17, 15) is 19.0 Å². The highest BCUT2D eigenvalue weighted by atomic mass is 31.2. The Labute approximate surface area is 488 Å². The van der Waals surface area contributed by atoms with E-state index in [2.05, 4.69) is 98.9 Å². The van der Waals surface area contributed by atoms with Crippen molar-refractivity contribution in [3.8, 4) is 0 Å². The Hall–Kier alpha value is -2.81. The van der Waals surface area contributed by atoms with Crippen molar-refractivity contribution >= 4 is 19.8 Å². The van der Waals surface area contributed by atoms with Gasteiger partial charge in [0.25, 0.3) is 7.82 Å². The molecule has 0 aromatic heterocycles. The lowest BCUT2D eigenvalue weighted by molar-refractivity contribution is -0.870. The van der Waals surface area contributed by atoms with Gasteiger partial charge in [-0.3, -0.25) is 14.2 Å². The van der Waals surface area contributed by atoms with Gasteiger partial charge in [-0.2, -0.15) is 0 Å². The van der Waals surface area contributed by atoms with Gasteiger partial charge in [0.15, 0.2) is 6.10 Å². The molecule has 0 saturated carbocycles. The molecule has 0 bridgehead atoms. The monoisotopic (exact) mass is 1130 g/mol. The van der Waals surface area contributed by atoms with E-state index in [0.29, 0.717) is 17.4 Å². The van der Waals surface area contributed by atoms with Crippen molar-refractivity contribution in [1.29, 1.82) is 0 Å². The van der Waals surface area contributed by atoms with Crippen LogP contribution >= 0.6 is 7.82 Å². The van der Waals surface area contributed by atoms with Crippen LogP contribution in [0.5, 0.6) is 0 Å². The molecule has 10 heteroatoms. The number of esters is 2. The van der Waals surface area contributed by atoms with Crippen molar-refractivity contribution in [1.82, 2.24) is 0 Å². The maximum Gasteiger partial charge on any atom is 0.306 e. The second-order valence-corrected chi connectivity index (χ2v) is 24.5. The molecule has 0 heterocycles. The first-order valence-electron chi connectivity index (χ1n) is 32.8. The number of rotatable bonds is 60. The zero-order chi connectivity index (χ0) is 57.7. The zero-order valence-corrected chi connectivity index (χ0v) is 52.9. The van der Waals surface area contributed by atoms with Crippen LogP contribution in [0.15, 0.2) is 85.1 Å². The van der Waals surface area contributed by atoms with E-state index < -0.39 is 26.5 Å². The van der Waals surface area contributed by atoms with Crippen LogP contribution in [-0.2, 0) is 32.7 Å². The summed E-state index contributed by atoms with van der Waals surface area (Å²) in [6.07, 6.45) is 81.0. The van der Waals surface area contributed by atoms with Crippen LogP contribution in [0, 0.1) is 0 Å². The van der Waals surface area contributed by atoms with E-state index >= 15 is 0 Å². The number of hydrogen-bond acceptors (Lipinski definition) is 8. The standard InChI is InChI=1S/C69H124NO8P/c1-6-8-10-12-14-16-18-20-22-23-24-25-26-27-28-29-30-31-32-33-34-35-36-37-38-39-40-41-42-43-44-45-46-47-48-50-52-54-56-58-60-62-69(72)78-67(66-77-79(73,74)76-64-63-70(3,4)5)65-75-68(71)61-59-57-55-53-51-49-21-19-17-15-13-11-9-7-2/h8,10,14,16,19-22,24-25,27-28,30-31,67H,6-7,9,11-13,15,17-18,23,26,29,32-66H2,1-5H3/b10-8-,16-14-,21-19-,22-20-,25-24-,28-27-,31-30-. The maximum absolute atomic E-state index is 12.8. The van der Waals surface area contributed by atoms with E-state index in [1.807, 2.05) is 21.1 Å². The van der Waals surface area contributed by atoms with Crippen LogP contribution in [0.4, 0.5) is 0 Å². The molecule has 0 saturated heterocycles. The quantitative estimate of drug-likeness (QED) is 0.0195. The summed E-state index contributed by atoms with van der Waals surface area (Å²) in [7, 11) is 1.17. The van der Waals surface area contributed by atoms with Crippen molar-refractivity contribution in [2.24, 2.45) is 0 Å². The highest BCUT2D eigenvalue weighted by molar-refractivity contribution is 7.45. The van der Waals surface area contributed by atoms with E-state index in [1.165, 1.54) is 161 Å². The first-order chi connectivity index (χ1) is 38.5. The molecule has 0 aliphatic carbocycles. The third kappa shape index (κ3) is 64.2. The van der Waals surface area contributed by atoms with Gasteiger partial charge in [-0.15, -0.1) is 0 Å². The molecule has 2 atom stereocenters. The SMILES string of the molecule is CC/C=C\C/C=C\C/C=C\C/C=C\C/C=C\C/C=C\CCCCCCCCCCCCCCCCCCCCCCCCC(=O)OC(COC(=O)CCCCCCC/C=C\CCCCCCC)COP(=O)([O-])OCC[N+](C)(C)C. The summed E-state index contributed by atoms with van der Waals surface area (Å²) in [6.45, 7) is 4.13. The van der Waals surface area contributed by atoms with Crippen LogP contribution in [0.3, 0.4) is 0 Å². The lowest BCUT2D eigenvalue weighted by atomic mass is 10.0. The predicted molar refractivity (Wildman–Crippen MR) is 337 cm³/mol. The molecule has 0 aromatic rings. The van der Waals surface area contributed by atoms with E-state index in [4.69, 9.17) is 18.5 Å². The molecule has 9 nitrogen and oxygen atoms in total. The number of phosphoric ester groups is 1. The minimum atomic E-state index is -4.64. The fourth-order valence-electron chi connectivity index (χ4n) is 9.13. The molecule has 458 valence electrons. The summed E-state index contributed by atoms with van der Waals surface area (Å²) in [4.78, 5) is 37.9. The summed E-state index contributed by atoms with van der Waals surface area (Å²) >= 11 is 0. The van der Waals surface area contributed by atoms with Crippen LogP contribution in [0.2, 0.25) is 0 Å². The first kappa shape index (κ1) is 76.2. The highest BCUT2D eigenvalue weighted by Gasteiger charge is 2.22. The Bertz CT molecular complexity index is 1610. The molecule has 0 N–H and O–H groups in total. The molecular formula is C69H124NO8P. The Balaban J connectivity index is 3.91. The smallest absolute Gasteiger partial charge is 0.306 e. The van der Waals surface area contributed by atoms with Gasteiger partial charge < -0.3 is 27.9 Å². The summed E-state index contributed by atoms with van der Waals surface area (Å²) in [5.41, 5.74) is 0. The average molecular weight is 1130 g/mol. The number of carbonyl (C=O) groups is 2. The summed E-state index contributed by atoms with van der Waals surface area (Å²) in [5, 5.41) is 0. The van der Waals surface area contributed by atoms with Gasteiger partial charge in [0.1, 0.15) is 19.8 Å². The first-order valence-corrected chi connectivity index (χ1v) is 34.3. The number of unbranched alkanes of at least 4 members (excludes halogenated alkanes) is 32. The van der Waals surface area contributed by atoms with Crippen molar-refractivity contribution in [2.45, 2.75) is 296 Å². The van der Waals surface area contributed by atoms with Gasteiger partial charge in [-0.25, -0.2) is 0 Å². The molecule has 0 aliphatic heterocycles. The normalized spacial score (nSPS) is 13.7. The molecule has 0 spiro atoms. The summed E-state index contributed by atoms with van der Waals surface area (Å²) in [6, 6.07) is 0. The topological polar surface area (TPSA) is 111 Å². The largest absolute Gasteiger partial charge is 0.756 e. The lowest BCUT2D eigenvalue weighted by Gasteiger charge is -2.28. The molecule has 0 amide bonds. The molecule has 0 aromatic carbocycles. The summed E-state index contributed by atoms with van der Waals surface area (Å²) in [5.74, 6) is -0.834. The van der Waals surface area contributed by atoms with Crippen LogP contribution in [0.25, 0.3) is 0 Å². The minimum Gasteiger partial charge on any atom is -0.756 e. The number of quaternary nitrogens is 1. The second kappa shape index (κ2) is 59.8. The van der Waals surface area contributed by atoms with Crippen molar-refractivity contribution < 1.29 is 42.1 Å². The van der Waals surface area contributed by atoms with E-state index in [-0.39, 0.29) is 32.0 Å². The maximum atomic E-state index is 12.8. The van der Waals surface area contributed by atoms with Gasteiger partial charge in [-0.1, -0.05) is 272 Å². The number of carbonyl (C=O) groups excluding carboxylic acids is 2. The molecule has 0 rings (SSSR count). The Morgan fingerprint density at radius 3 is 1.09 bits per heavy atom. The number of nitrogens with zero attached hydrogens (tertiary/aromatic N) is 1. The Morgan fingerprint density at radius 2 is 0.722 bits per heavy atom. The van der Waals surface area contributed by atoms with Crippen LogP contribution in [-0.4, -0.2) is 70.0 Å². The third-order valence-electron chi connectivity index (χ3n) is 14.1. The van der Waals surface area contributed by atoms with E-state index in [1.54, 1.807) is 0 Å². The number of hydrogen-bond donors (Lipinski definition) is 0.